The van der Waals surface area contributed by atoms with Crippen molar-refractivity contribution in [3.8, 4) is 17.9 Å². The SMILES string of the molecule is N#CCCCC#Cc1cc2ccccc2o1. The first kappa shape index (κ1) is 10.3. The molecule has 0 bridgehead atoms. The Hall–Kier alpha value is -2.19. The summed E-state index contributed by atoms with van der Waals surface area (Å²) < 4.78 is 5.54. The first-order chi connectivity index (χ1) is 7.90. The Bertz CT molecular complexity index is 545. The quantitative estimate of drug-likeness (QED) is 0.561. The normalized spacial score (nSPS) is 9.44. The molecule has 0 aliphatic rings. The van der Waals surface area contributed by atoms with E-state index in [9.17, 15) is 0 Å². The Labute approximate surface area is 94.5 Å². The number of nitriles is 1. The van der Waals surface area contributed by atoms with Gasteiger partial charge < -0.3 is 4.42 Å². The summed E-state index contributed by atoms with van der Waals surface area (Å²) in [5.74, 6) is 6.66. The van der Waals surface area contributed by atoms with Crippen LogP contribution in [0, 0.1) is 23.2 Å². The molecular formula is C14H11NO. The molecule has 1 aromatic heterocycles. The lowest BCUT2D eigenvalue weighted by Crippen LogP contribution is -1.69. The zero-order chi connectivity index (χ0) is 11.2. The van der Waals surface area contributed by atoms with E-state index in [0.29, 0.717) is 12.2 Å². The molecule has 0 N–H and O–H groups in total. The van der Waals surface area contributed by atoms with Crippen LogP contribution in [0.4, 0.5) is 0 Å². The summed E-state index contributed by atoms with van der Waals surface area (Å²) in [7, 11) is 0. The van der Waals surface area contributed by atoms with E-state index in [0.717, 1.165) is 23.8 Å². The Balaban J connectivity index is 2.07. The van der Waals surface area contributed by atoms with Gasteiger partial charge in [-0.3, -0.25) is 0 Å². The molecular weight excluding hydrogens is 198 g/mol. The van der Waals surface area contributed by atoms with E-state index in [1.54, 1.807) is 0 Å². The zero-order valence-electron chi connectivity index (χ0n) is 8.86. The average molecular weight is 209 g/mol. The molecule has 78 valence electrons. The smallest absolute Gasteiger partial charge is 0.178 e. The third-order valence-electron chi connectivity index (χ3n) is 2.23. The van der Waals surface area contributed by atoms with Crippen LogP contribution in [-0.2, 0) is 0 Å². The number of para-hydroxylation sites is 1. The van der Waals surface area contributed by atoms with Crippen molar-refractivity contribution < 1.29 is 4.42 Å². The summed E-state index contributed by atoms with van der Waals surface area (Å²) in [6.07, 6.45) is 2.13. The molecule has 16 heavy (non-hydrogen) atoms. The van der Waals surface area contributed by atoms with Crippen LogP contribution >= 0.6 is 0 Å². The van der Waals surface area contributed by atoms with E-state index in [2.05, 4.69) is 17.9 Å². The highest BCUT2D eigenvalue weighted by molar-refractivity contribution is 5.78. The van der Waals surface area contributed by atoms with E-state index in [4.69, 9.17) is 9.68 Å². The van der Waals surface area contributed by atoms with Crippen LogP contribution in [0.15, 0.2) is 34.7 Å². The van der Waals surface area contributed by atoms with Gasteiger partial charge in [-0.25, -0.2) is 0 Å². The number of rotatable bonds is 2. The van der Waals surface area contributed by atoms with E-state index in [-0.39, 0.29) is 0 Å². The van der Waals surface area contributed by atoms with Crippen molar-refractivity contribution in [2.75, 3.05) is 0 Å². The molecule has 0 spiro atoms. The lowest BCUT2D eigenvalue weighted by atomic mass is 10.2. The monoisotopic (exact) mass is 209 g/mol. The van der Waals surface area contributed by atoms with E-state index in [1.165, 1.54) is 0 Å². The van der Waals surface area contributed by atoms with Crippen molar-refractivity contribution in [2.24, 2.45) is 0 Å². The van der Waals surface area contributed by atoms with Crippen molar-refractivity contribution in [1.82, 2.24) is 0 Å². The molecule has 0 aliphatic heterocycles. The number of nitrogens with zero attached hydrogens (tertiary/aromatic N) is 1. The molecule has 0 atom stereocenters. The summed E-state index contributed by atoms with van der Waals surface area (Å²) >= 11 is 0. The minimum Gasteiger partial charge on any atom is -0.448 e. The van der Waals surface area contributed by atoms with Gasteiger partial charge in [0.25, 0.3) is 0 Å². The highest BCUT2D eigenvalue weighted by Gasteiger charge is 1.98. The lowest BCUT2D eigenvalue weighted by molar-refractivity contribution is 0.601. The molecule has 0 fully saturated rings. The number of unbranched alkanes of at least 4 members (excludes halogenated alkanes) is 2. The maximum atomic E-state index is 8.36. The molecule has 1 heterocycles. The van der Waals surface area contributed by atoms with Crippen LogP contribution in [-0.4, -0.2) is 0 Å². The average Bonchev–Trinajstić information content (AvgIpc) is 2.71. The molecule has 2 aromatic rings. The van der Waals surface area contributed by atoms with Gasteiger partial charge in [0.05, 0.1) is 6.07 Å². The topological polar surface area (TPSA) is 36.9 Å². The van der Waals surface area contributed by atoms with Gasteiger partial charge >= 0.3 is 0 Å². The number of benzene rings is 1. The van der Waals surface area contributed by atoms with Crippen molar-refractivity contribution >= 4 is 11.0 Å². The summed E-state index contributed by atoms with van der Waals surface area (Å²) in [5.41, 5.74) is 0.865. The molecule has 0 aliphatic carbocycles. The van der Waals surface area contributed by atoms with Crippen LogP contribution in [0.2, 0.25) is 0 Å². The second-order valence-corrected chi connectivity index (χ2v) is 3.46. The van der Waals surface area contributed by atoms with Crippen LogP contribution in [0.1, 0.15) is 25.0 Å². The fourth-order valence-electron chi connectivity index (χ4n) is 1.45. The molecule has 1 aromatic carbocycles. The van der Waals surface area contributed by atoms with Gasteiger partial charge in [-0.1, -0.05) is 24.1 Å². The van der Waals surface area contributed by atoms with Gasteiger partial charge in [-0.15, -0.1) is 0 Å². The fraction of sp³-hybridized carbons (Fsp3) is 0.214. The van der Waals surface area contributed by atoms with Crippen molar-refractivity contribution in [3.05, 3.63) is 36.1 Å². The lowest BCUT2D eigenvalue weighted by Gasteiger charge is -1.83. The standard InChI is InChI=1S/C14H11NO/c15-10-6-2-1-3-8-13-11-12-7-4-5-9-14(12)16-13/h4-5,7,9,11H,1-2,6H2. The Morgan fingerprint density at radius 3 is 2.88 bits per heavy atom. The molecule has 2 heteroatoms. The summed E-state index contributed by atoms with van der Waals surface area (Å²) in [6.45, 7) is 0. The molecule has 0 unspecified atom stereocenters. The second-order valence-electron chi connectivity index (χ2n) is 3.46. The number of hydrogen-bond acceptors (Lipinski definition) is 2. The minimum absolute atomic E-state index is 0.564. The third-order valence-corrected chi connectivity index (χ3v) is 2.23. The Morgan fingerprint density at radius 1 is 1.19 bits per heavy atom. The van der Waals surface area contributed by atoms with E-state index >= 15 is 0 Å². The highest BCUT2D eigenvalue weighted by atomic mass is 16.3. The van der Waals surface area contributed by atoms with Crippen molar-refractivity contribution in [2.45, 2.75) is 19.3 Å². The van der Waals surface area contributed by atoms with Crippen LogP contribution in [0.5, 0.6) is 0 Å². The zero-order valence-corrected chi connectivity index (χ0v) is 8.86. The van der Waals surface area contributed by atoms with Gasteiger partial charge in [-0.05, 0) is 18.4 Å². The first-order valence-corrected chi connectivity index (χ1v) is 5.24. The van der Waals surface area contributed by atoms with Gasteiger partial charge in [0.15, 0.2) is 5.76 Å². The van der Waals surface area contributed by atoms with Gasteiger partial charge in [0.1, 0.15) is 5.58 Å². The number of fused-ring (bicyclic) bond motifs is 1. The maximum Gasteiger partial charge on any atom is 0.178 e. The van der Waals surface area contributed by atoms with Gasteiger partial charge in [-0.2, -0.15) is 5.26 Å². The largest absolute Gasteiger partial charge is 0.448 e. The van der Waals surface area contributed by atoms with Crippen LogP contribution in [0.3, 0.4) is 0 Å². The predicted molar refractivity (Wildman–Crippen MR) is 62.6 cm³/mol. The second kappa shape index (κ2) is 5.05. The van der Waals surface area contributed by atoms with Gasteiger partial charge in [0, 0.05) is 24.3 Å². The molecule has 0 saturated heterocycles. The number of furan rings is 1. The molecule has 2 nitrogen and oxygen atoms in total. The van der Waals surface area contributed by atoms with Crippen molar-refractivity contribution in [3.63, 3.8) is 0 Å². The highest BCUT2D eigenvalue weighted by Crippen LogP contribution is 2.17. The number of hydrogen-bond donors (Lipinski definition) is 0. The van der Waals surface area contributed by atoms with Crippen molar-refractivity contribution in [1.29, 1.82) is 5.26 Å². The van der Waals surface area contributed by atoms with E-state index < -0.39 is 0 Å². The van der Waals surface area contributed by atoms with Crippen LogP contribution in [0.25, 0.3) is 11.0 Å². The Kier molecular flexibility index (Phi) is 3.26. The Morgan fingerprint density at radius 2 is 2.06 bits per heavy atom. The third kappa shape index (κ3) is 2.43. The summed E-state index contributed by atoms with van der Waals surface area (Å²) in [5, 5.41) is 9.43. The predicted octanol–water partition coefficient (Wildman–Crippen LogP) is 3.48. The molecule has 2 rings (SSSR count). The molecule has 0 radical (unpaired) electrons. The first-order valence-electron chi connectivity index (χ1n) is 5.24. The van der Waals surface area contributed by atoms with E-state index in [1.807, 2.05) is 30.3 Å². The van der Waals surface area contributed by atoms with Gasteiger partial charge in [0.2, 0.25) is 0 Å². The molecule has 0 amide bonds. The summed E-state index contributed by atoms with van der Waals surface area (Å²) in [4.78, 5) is 0. The summed E-state index contributed by atoms with van der Waals surface area (Å²) in [6, 6.07) is 11.9. The molecule has 0 saturated carbocycles. The maximum absolute atomic E-state index is 8.36. The van der Waals surface area contributed by atoms with Crippen LogP contribution < -0.4 is 0 Å². The minimum atomic E-state index is 0.564. The fourth-order valence-corrected chi connectivity index (χ4v) is 1.45.